The first-order valence-electron chi connectivity index (χ1n) is 7.29. The van der Waals surface area contributed by atoms with Crippen LogP contribution in [0.3, 0.4) is 0 Å². The minimum absolute atomic E-state index is 0.672. The summed E-state index contributed by atoms with van der Waals surface area (Å²) in [5, 5.41) is 7.12. The van der Waals surface area contributed by atoms with Crippen LogP contribution in [-0.2, 0) is 0 Å². The molecule has 0 atom stereocenters. The lowest BCUT2D eigenvalue weighted by atomic mass is 10.2. The molecule has 0 aliphatic heterocycles. The molecule has 0 spiro atoms. The zero-order valence-corrected chi connectivity index (χ0v) is 14.6. The highest BCUT2D eigenvalue weighted by Crippen LogP contribution is 2.32. The van der Waals surface area contributed by atoms with Gasteiger partial charge in [-0.2, -0.15) is 5.10 Å². The highest BCUT2D eigenvalue weighted by atomic mass is 32.1. The van der Waals surface area contributed by atoms with Gasteiger partial charge in [-0.25, -0.2) is 4.98 Å². The van der Waals surface area contributed by atoms with E-state index in [1.807, 2.05) is 37.3 Å². The third kappa shape index (κ3) is 3.97. The second-order valence-corrected chi connectivity index (χ2v) is 6.92. The molecule has 4 nitrogen and oxygen atoms in total. The van der Waals surface area contributed by atoms with E-state index >= 15 is 0 Å². The third-order valence-electron chi connectivity index (χ3n) is 3.12. The number of nitrogens with zero attached hydrogens (tertiary/aromatic N) is 2. The van der Waals surface area contributed by atoms with E-state index in [1.165, 1.54) is 9.75 Å². The number of thiazole rings is 1. The second kappa shape index (κ2) is 7.39. The molecular weight excluding hydrogens is 326 g/mol. The summed E-state index contributed by atoms with van der Waals surface area (Å²) in [4.78, 5) is 6.97. The van der Waals surface area contributed by atoms with E-state index in [0.29, 0.717) is 6.61 Å². The number of ether oxygens (including phenoxy) is 1. The first kappa shape index (κ1) is 15.7. The van der Waals surface area contributed by atoms with Gasteiger partial charge in [-0.1, -0.05) is 6.07 Å². The van der Waals surface area contributed by atoms with E-state index in [-0.39, 0.29) is 0 Å². The van der Waals surface area contributed by atoms with Crippen LogP contribution in [0.15, 0.2) is 46.9 Å². The number of benzene rings is 1. The van der Waals surface area contributed by atoms with Crippen LogP contribution >= 0.6 is 22.7 Å². The van der Waals surface area contributed by atoms with Gasteiger partial charge in [0, 0.05) is 4.88 Å². The molecule has 0 aliphatic rings. The van der Waals surface area contributed by atoms with Gasteiger partial charge in [0.25, 0.3) is 0 Å². The van der Waals surface area contributed by atoms with Gasteiger partial charge in [0.05, 0.1) is 23.4 Å². The number of hydrogen-bond acceptors (Lipinski definition) is 6. The van der Waals surface area contributed by atoms with Crippen molar-refractivity contribution in [3.63, 3.8) is 0 Å². The molecule has 118 valence electrons. The number of hydrazone groups is 1. The van der Waals surface area contributed by atoms with Crippen LogP contribution < -0.4 is 10.2 Å². The molecule has 0 saturated carbocycles. The second-order valence-electron chi connectivity index (χ2n) is 4.77. The van der Waals surface area contributed by atoms with E-state index < -0.39 is 0 Å². The van der Waals surface area contributed by atoms with E-state index in [1.54, 1.807) is 28.9 Å². The van der Waals surface area contributed by atoms with Gasteiger partial charge in [0.1, 0.15) is 5.75 Å². The molecule has 3 aromatic rings. The maximum Gasteiger partial charge on any atom is 0.204 e. The monoisotopic (exact) mass is 343 g/mol. The van der Waals surface area contributed by atoms with Crippen molar-refractivity contribution >= 4 is 34.0 Å². The minimum Gasteiger partial charge on any atom is -0.494 e. The zero-order chi connectivity index (χ0) is 16.1. The average Bonchev–Trinajstić information content (AvgIpc) is 3.19. The fourth-order valence-electron chi connectivity index (χ4n) is 2.06. The quantitative estimate of drug-likeness (QED) is 0.505. The molecule has 0 fully saturated rings. The van der Waals surface area contributed by atoms with E-state index in [4.69, 9.17) is 4.74 Å². The van der Waals surface area contributed by atoms with Crippen LogP contribution in [0, 0.1) is 6.92 Å². The fourth-order valence-corrected chi connectivity index (χ4v) is 3.68. The van der Waals surface area contributed by atoms with Gasteiger partial charge < -0.3 is 4.74 Å². The molecule has 0 aliphatic carbocycles. The van der Waals surface area contributed by atoms with Crippen molar-refractivity contribution < 1.29 is 4.74 Å². The highest BCUT2D eigenvalue weighted by Gasteiger charge is 2.09. The van der Waals surface area contributed by atoms with Crippen molar-refractivity contribution in [3.05, 3.63) is 52.2 Å². The van der Waals surface area contributed by atoms with Crippen LogP contribution in [0.4, 0.5) is 5.13 Å². The molecule has 2 aromatic heterocycles. The van der Waals surface area contributed by atoms with E-state index in [2.05, 4.69) is 33.9 Å². The smallest absolute Gasteiger partial charge is 0.204 e. The Bertz CT molecular complexity index is 777. The molecule has 23 heavy (non-hydrogen) atoms. The van der Waals surface area contributed by atoms with Crippen molar-refractivity contribution in [2.45, 2.75) is 13.8 Å². The normalized spacial score (nSPS) is 11.0. The Morgan fingerprint density at radius 3 is 2.78 bits per heavy atom. The molecule has 0 amide bonds. The molecule has 0 bridgehead atoms. The number of rotatable bonds is 6. The fraction of sp³-hybridized carbons (Fsp3) is 0.176. The summed E-state index contributed by atoms with van der Waals surface area (Å²) in [5.74, 6) is 0.869. The number of thiophene rings is 1. The largest absolute Gasteiger partial charge is 0.494 e. The lowest BCUT2D eigenvalue weighted by molar-refractivity contribution is 0.340. The van der Waals surface area contributed by atoms with Crippen molar-refractivity contribution in [1.29, 1.82) is 0 Å². The lowest BCUT2D eigenvalue weighted by Gasteiger charge is -2.01. The first-order chi connectivity index (χ1) is 11.3. The summed E-state index contributed by atoms with van der Waals surface area (Å²) in [6.07, 6.45) is 1.78. The van der Waals surface area contributed by atoms with Gasteiger partial charge in [0.2, 0.25) is 5.13 Å². The molecule has 6 heteroatoms. The topological polar surface area (TPSA) is 46.5 Å². The van der Waals surface area contributed by atoms with Gasteiger partial charge in [0.15, 0.2) is 0 Å². The summed E-state index contributed by atoms with van der Waals surface area (Å²) >= 11 is 3.30. The summed E-state index contributed by atoms with van der Waals surface area (Å²) in [7, 11) is 0. The number of hydrogen-bond donors (Lipinski definition) is 1. The predicted octanol–water partition coefficient (Wildman–Crippen LogP) is 5.02. The molecule has 0 saturated heterocycles. The lowest BCUT2D eigenvalue weighted by Crippen LogP contribution is -1.92. The van der Waals surface area contributed by atoms with Crippen LogP contribution in [-0.4, -0.2) is 17.8 Å². The van der Waals surface area contributed by atoms with Crippen molar-refractivity contribution in [1.82, 2.24) is 4.98 Å². The van der Waals surface area contributed by atoms with Crippen molar-refractivity contribution in [2.75, 3.05) is 12.0 Å². The van der Waals surface area contributed by atoms with Gasteiger partial charge in [-0.3, -0.25) is 5.43 Å². The Morgan fingerprint density at radius 2 is 2.09 bits per heavy atom. The molecular formula is C17H17N3OS2. The summed E-state index contributed by atoms with van der Waals surface area (Å²) in [6.45, 7) is 4.72. The van der Waals surface area contributed by atoms with Crippen molar-refractivity contribution in [3.8, 4) is 16.3 Å². The number of nitrogens with one attached hydrogen (secondary N) is 1. The molecule has 0 unspecified atom stereocenters. The summed E-state index contributed by atoms with van der Waals surface area (Å²) < 4.78 is 5.42. The Kier molecular flexibility index (Phi) is 5.05. The molecule has 3 rings (SSSR count). The maximum atomic E-state index is 5.42. The Morgan fingerprint density at radius 1 is 1.26 bits per heavy atom. The molecule has 2 heterocycles. The van der Waals surface area contributed by atoms with Crippen LogP contribution in [0.2, 0.25) is 0 Å². The van der Waals surface area contributed by atoms with Crippen LogP contribution in [0.25, 0.3) is 10.6 Å². The first-order valence-corrected chi connectivity index (χ1v) is 8.99. The maximum absolute atomic E-state index is 5.42. The highest BCUT2D eigenvalue weighted by molar-refractivity contribution is 7.17. The molecule has 1 N–H and O–H groups in total. The number of aryl methyl sites for hydroxylation is 1. The SMILES string of the molecule is CCOc1ccc(/C=N\Nc2nc(-c3cccs3)c(C)s2)cc1. The van der Waals surface area contributed by atoms with Gasteiger partial charge >= 0.3 is 0 Å². The Balaban J connectivity index is 1.65. The molecule has 0 radical (unpaired) electrons. The summed E-state index contributed by atoms with van der Waals surface area (Å²) in [5.41, 5.74) is 5.04. The third-order valence-corrected chi connectivity index (χ3v) is 4.87. The van der Waals surface area contributed by atoms with E-state index in [0.717, 1.165) is 22.1 Å². The average molecular weight is 343 g/mol. The van der Waals surface area contributed by atoms with Crippen LogP contribution in [0.1, 0.15) is 17.4 Å². The Labute approximate surface area is 143 Å². The Hall–Kier alpha value is -2.18. The number of aromatic nitrogens is 1. The van der Waals surface area contributed by atoms with Crippen LogP contribution in [0.5, 0.6) is 5.75 Å². The zero-order valence-electron chi connectivity index (χ0n) is 12.9. The summed E-state index contributed by atoms with van der Waals surface area (Å²) in [6, 6.07) is 11.9. The van der Waals surface area contributed by atoms with Gasteiger partial charge in [-0.15, -0.1) is 22.7 Å². The standard InChI is InChI=1S/C17H17N3OS2/c1-3-21-14-8-6-13(7-9-14)11-18-20-17-19-16(12(2)23-17)15-5-4-10-22-15/h4-11H,3H2,1-2H3,(H,19,20)/b18-11-. The predicted molar refractivity (Wildman–Crippen MR) is 99.0 cm³/mol. The van der Waals surface area contributed by atoms with Gasteiger partial charge in [-0.05, 0) is 55.1 Å². The number of anilines is 1. The van der Waals surface area contributed by atoms with Crippen molar-refractivity contribution in [2.24, 2.45) is 5.10 Å². The van der Waals surface area contributed by atoms with E-state index in [9.17, 15) is 0 Å². The molecule has 1 aromatic carbocycles. The minimum atomic E-state index is 0.672.